The number of aryl methyl sites for hydroxylation is 1. The first-order valence-corrected chi connectivity index (χ1v) is 10.6. The summed E-state index contributed by atoms with van der Waals surface area (Å²) >= 11 is 7.56. The molecule has 0 N–H and O–H groups in total. The topological polar surface area (TPSA) is 63.0 Å². The Balaban J connectivity index is 1.27. The zero-order valence-electron chi connectivity index (χ0n) is 16.0. The first-order chi connectivity index (χ1) is 14.0. The van der Waals surface area contributed by atoms with E-state index in [1.165, 1.54) is 4.88 Å². The Labute approximate surface area is 177 Å². The van der Waals surface area contributed by atoms with Crippen molar-refractivity contribution in [2.24, 2.45) is 0 Å². The van der Waals surface area contributed by atoms with Gasteiger partial charge in [0.05, 0.1) is 4.34 Å². The standard InChI is InChI=1S/C21H21ClN2O4S/c1-14-16-4-2-3-5-17(16)28-20(14)21(26)27-13-19(25)24-10-8-23(9-11-24)12-15-6-7-18(22)29-15/h2-7H,8-13H2,1H3. The van der Waals surface area contributed by atoms with Gasteiger partial charge >= 0.3 is 5.97 Å². The Morgan fingerprint density at radius 1 is 1.14 bits per heavy atom. The Kier molecular flexibility index (Phi) is 5.89. The molecule has 0 spiro atoms. The molecule has 3 heterocycles. The number of nitrogens with zero attached hydrogens (tertiary/aromatic N) is 2. The van der Waals surface area contributed by atoms with E-state index in [9.17, 15) is 9.59 Å². The summed E-state index contributed by atoms with van der Waals surface area (Å²) < 4.78 is 11.6. The summed E-state index contributed by atoms with van der Waals surface area (Å²) in [6, 6.07) is 11.4. The smallest absolute Gasteiger partial charge is 0.375 e. The molecule has 1 amide bonds. The van der Waals surface area contributed by atoms with E-state index in [0.717, 1.165) is 34.9 Å². The second-order valence-corrected chi connectivity index (χ2v) is 8.79. The molecule has 0 bridgehead atoms. The number of amides is 1. The third-order valence-corrected chi connectivity index (χ3v) is 6.31. The van der Waals surface area contributed by atoms with Crippen molar-refractivity contribution in [1.82, 2.24) is 9.80 Å². The monoisotopic (exact) mass is 432 g/mol. The van der Waals surface area contributed by atoms with Crippen LogP contribution in [-0.4, -0.2) is 54.5 Å². The molecule has 3 aromatic rings. The van der Waals surface area contributed by atoms with Crippen molar-refractivity contribution < 1.29 is 18.7 Å². The number of hydrogen-bond donors (Lipinski definition) is 0. The molecule has 1 aliphatic rings. The molecular formula is C21H21ClN2O4S. The van der Waals surface area contributed by atoms with Gasteiger partial charge in [-0.15, -0.1) is 11.3 Å². The molecular weight excluding hydrogens is 412 g/mol. The van der Waals surface area contributed by atoms with Crippen LogP contribution in [0.5, 0.6) is 0 Å². The van der Waals surface area contributed by atoms with Crippen LogP contribution in [0.25, 0.3) is 11.0 Å². The van der Waals surface area contributed by atoms with E-state index < -0.39 is 5.97 Å². The zero-order valence-corrected chi connectivity index (χ0v) is 17.6. The van der Waals surface area contributed by atoms with Crippen molar-refractivity contribution in [3.05, 3.63) is 56.9 Å². The molecule has 4 rings (SSSR count). The molecule has 0 aliphatic carbocycles. The molecule has 1 aliphatic heterocycles. The Bertz CT molecular complexity index is 1040. The van der Waals surface area contributed by atoms with Crippen LogP contribution in [0, 0.1) is 6.92 Å². The molecule has 1 aromatic carbocycles. The van der Waals surface area contributed by atoms with Crippen LogP contribution in [0.2, 0.25) is 4.34 Å². The molecule has 29 heavy (non-hydrogen) atoms. The van der Waals surface area contributed by atoms with Crippen LogP contribution >= 0.6 is 22.9 Å². The summed E-state index contributed by atoms with van der Waals surface area (Å²) in [6.45, 7) is 5.13. The van der Waals surface area contributed by atoms with Gasteiger partial charge in [-0.25, -0.2) is 4.79 Å². The number of halogens is 1. The van der Waals surface area contributed by atoms with E-state index in [0.29, 0.717) is 18.7 Å². The number of carbonyl (C=O) groups is 2. The van der Waals surface area contributed by atoms with Crippen LogP contribution in [0.15, 0.2) is 40.8 Å². The average molecular weight is 433 g/mol. The summed E-state index contributed by atoms with van der Waals surface area (Å²) in [5.74, 6) is -0.648. The molecule has 152 valence electrons. The fourth-order valence-corrected chi connectivity index (χ4v) is 4.60. The maximum Gasteiger partial charge on any atom is 0.375 e. The van der Waals surface area contributed by atoms with E-state index in [2.05, 4.69) is 4.90 Å². The van der Waals surface area contributed by atoms with Gasteiger partial charge in [0.15, 0.2) is 6.61 Å². The third kappa shape index (κ3) is 4.47. The number of carbonyl (C=O) groups excluding carboxylic acids is 2. The number of ether oxygens (including phenoxy) is 1. The summed E-state index contributed by atoms with van der Waals surface area (Å²) in [6.07, 6.45) is 0. The number of esters is 1. The highest BCUT2D eigenvalue weighted by Gasteiger charge is 2.24. The Morgan fingerprint density at radius 2 is 1.90 bits per heavy atom. The molecule has 0 atom stereocenters. The van der Waals surface area contributed by atoms with E-state index >= 15 is 0 Å². The maximum absolute atomic E-state index is 12.4. The number of piperazine rings is 1. The summed E-state index contributed by atoms with van der Waals surface area (Å²) in [7, 11) is 0. The maximum atomic E-state index is 12.4. The molecule has 0 saturated carbocycles. The molecule has 2 aromatic heterocycles. The zero-order chi connectivity index (χ0) is 20.4. The van der Waals surface area contributed by atoms with E-state index in [1.54, 1.807) is 22.3 Å². The van der Waals surface area contributed by atoms with Gasteiger partial charge in [-0.1, -0.05) is 29.8 Å². The molecule has 6 nitrogen and oxygen atoms in total. The Morgan fingerprint density at radius 3 is 2.59 bits per heavy atom. The summed E-state index contributed by atoms with van der Waals surface area (Å²) in [4.78, 5) is 30.1. The second-order valence-electron chi connectivity index (χ2n) is 6.99. The number of thiophene rings is 1. The molecule has 1 fully saturated rings. The summed E-state index contributed by atoms with van der Waals surface area (Å²) in [5, 5.41) is 0.869. The predicted molar refractivity (Wildman–Crippen MR) is 112 cm³/mol. The highest BCUT2D eigenvalue weighted by Crippen LogP contribution is 2.25. The van der Waals surface area contributed by atoms with E-state index in [-0.39, 0.29) is 18.3 Å². The number of para-hydroxylation sites is 1. The molecule has 0 radical (unpaired) electrons. The number of furan rings is 1. The van der Waals surface area contributed by atoms with Crippen molar-refractivity contribution in [2.45, 2.75) is 13.5 Å². The number of fused-ring (bicyclic) bond motifs is 1. The average Bonchev–Trinajstić information content (AvgIpc) is 3.29. The van der Waals surface area contributed by atoms with Crippen LogP contribution < -0.4 is 0 Å². The van der Waals surface area contributed by atoms with Crippen molar-refractivity contribution in [1.29, 1.82) is 0 Å². The van der Waals surface area contributed by atoms with Crippen molar-refractivity contribution in [3.63, 3.8) is 0 Å². The number of benzene rings is 1. The minimum absolute atomic E-state index is 0.151. The highest BCUT2D eigenvalue weighted by atomic mass is 35.5. The van der Waals surface area contributed by atoms with Gasteiger partial charge in [0, 0.05) is 48.6 Å². The third-order valence-electron chi connectivity index (χ3n) is 5.09. The van der Waals surface area contributed by atoms with Crippen molar-refractivity contribution in [3.8, 4) is 0 Å². The quantitative estimate of drug-likeness (QED) is 0.571. The predicted octanol–water partition coefficient (Wildman–Crippen LogP) is 3.96. The van der Waals surface area contributed by atoms with Crippen LogP contribution in [0.4, 0.5) is 0 Å². The lowest BCUT2D eigenvalue weighted by Crippen LogP contribution is -2.49. The van der Waals surface area contributed by atoms with Gasteiger partial charge in [0.25, 0.3) is 5.91 Å². The van der Waals surface area contributed by atoms with Crippen LogP contribution in [0.1, 0.15) is 21.0 Å². The van der Waals surface area contributed by atoms with Crippen molar-refractivity contribution >= 4 is 45.8 Å². The summed E-state index contributed by atoms with van der Waals surface area (Å²) in [5.41, 5.74) is 1.35. The lowest BCUT2D eigenvalue weighted by Gasteiger charge is -2.34. The normalized spacial score (nSPS) is 15.0. The highest BCUT2D eigenvalue weighted by molar-refractivity contribution is 7.16. The first-order valence-electron chi connectivity index (χ1n) is 9.41. The lowest BCUT2D eigenvalue weighted by atomic mass is 10.1. The minimum Gasteiger partial charge on any atom is -0.450 e. The van der Waals surface area contributed by atoms with Crippen molar-refractivity contribution in [2.75, 3.05) is 32.8 Å². The number of rotatable bonds is 5. The van der Waals surface area contributed by atoms with Crippen LogP contribution in [0.3, 0.4) is 0 Å². The van der Waals surface area contributed by atoms with Gasteiger partial charge < -0.3 is 14.1 Å². The minimum atomic E-state index is -0.611. The largest absolute Gasteiger partial charge is 0.450 e. The molecule has 1 saturated heterocycles. The fraction of sp³-hybridized carbons (Fsp3) is 0.333. The van der Waals surface area contributed by atoms with Gasteiger partial charge in [0.2, 0.25) is 5.76 Å². The SMILES string of the molecule is Cc1c(C(=O)OCC(=O)N2CCN(Cc3ccc(Cl)s3)CC2)oc2ccccc12. The Hall–Kier alpha value is -2.35. The second kappa shape index (κ2) is 8.57. The van der Waals surface area contributed by atoms with Gasteiger partial charge in [-0.05, 0) is 25.1 Å². The van der Waals surface area contributed by atoms with Gasteiger partial charge in [-0.3, -0.25) is 9.69 Å². The molecule has 8 heteroatoms. The van der Waals surface area contributed by atoms with Gasteiger partial charge in [-0.2, -0.15) is 0 Å². The van der Waals surface area contributed by atoms with E-state index in [1.807, 2.05) is 37.3 Å². The first kappa shape index (κ1) is 19.9. The lowest BCUT2D eigenvalue weighted by molar-refractivity contribution is -0.136. The van der Waals surface area contributed by atoms with Gasteiger partial charge in [0.1, 0.15) is 5.58 Å². The molecule has 0 unspecified atom stereocenters. The van der Waals surface area contributed by atoms with E-state index in [4.69, 9.17) is 20.8 Å². The number of hydrogen-bond acceptors (Lipinski definition) is 6. The van der Waals surface area contributed by atoms with Crippen LogP contribution in [-0.2, 0) is 16.1 Å². The fourth-order valence-electron chi connectivity index (χ4n) is 3.47.